The summed E-state index contributed by atoms with van der Waals surface area (Å²) >= 11 is 1.46. The van der Waals surface area contributed by atoms with Crippen molar-refractivity contribution in [3.63, 3.8) is 0 Å². The summed E-state index contributed by atoms with van der Waals surface area (Å²) in [5.74, 6) is -0.740. The summed E-state index contributed by atoms with van der Waals surface area (Å²) in [6, 6.07) is 8.19. The number of carbonyl (C=O) groups excluding carboxylic acids is 1. The number of halogens is 1. The predicted molar refractivity (Wildman–Crippen MR) is 110 cm³/mol. The Morgan fingerprint density at radius 2 is 2.00 bits per heavy atom. The van der Waals surface area contributed by atoms with Crippen molar-refractivity contribution in [1.82, 2.24) is 19.5 Å². The maximum atomic E-state index is 13.2. The Kier molecular flexibility index (Phi) is 5.18. The number of nitrogens with two attached hydrogens (primary N) is 1. The van der Waals surface area contributed by atoms with E-state index in [2.05, 4.69) is 15.0 Å². The van der Waals surface area contributed by atoms with Gasteiger partial charge in [0.05, 0.1) is 23.1 Å². The number of aryl methyl sites for hydroxylation is 1. The number of carbonyl (C=O) groups is 1. The average Bonchev–Trinajstić information content (AvgIpc) is 3.33. The molecule has 1 aromatic carbocycles. The molecular formula is C21H18FN5OS. The average molecular weight is 407 g/mol. The third kappa shape index (κ3) is 3.93. The topological polar surface area (TPSA) is 86.7 Å². The van der Waals surface area contributed by atoms with E-state index >= 15 is 0 Å². The van der Waals surface area contributed by atoms with Crippen molar-refractivity contribution in [1.29, 1.82) is 0 Å². The molecule has 0 aliphatic rings. The van der Waals surface area contributed by atoms with Crippen LogP contribution in [0.15, 0.2) is 54.3 Å². The van der Waals surface area contributed by atoms with Crippen LogP contribution in [0.5, 0.6) is 0 Å². The number of benzene rings is 1. The second-order valence-electron chi connectivity index (χ2n) is 6.55. The summed E-state index contributed by atoms with van der Waals surface area (Å²) in [7, 11) is 0. The lowest BCUT2D eigenvalue weighted by Gasteiger charge is -2.11. The first-order chi connectivity index (χ1) is 14.0. The van der Waals surface area contributed by atoms with Crippen LogP contribution < -0.4 is 5.73 Å². The Morgan fingerprint density at radius 3 is 2.69 bits per heavy atom. The lowest BCUT2D eigenvalue weighted by molar-refractivity contribution is 0.0999. The van der Waals surface area contributed by atoms with Crippen LogP contribution in [-0.2, 0) is 13.0 Å². The van der Waals surface area contributed by atoms with Crippen LogP contribution in [0.4, 0.5) is 4.39 Å². The highest BCUT2D eigenvalue weighted by molar-refractivity contribution is 7.13. The zero-order valence-electron chi connectivity index (χ0n) is 15.7. The van der Waals surface area contributed by atoms with E-state index in [1.54, 1.807) is 36.8 Å². The molecule has 0 aliphatic heterocycles. The maximum absolute atomic E-state index is 13.2. The summed E-state index contributed by atoms with van der Waals surface area (Å²) in [6.07, 6.45) is 5.58. The van der Waals surface area contributed by atoms with Crippen molar-refractivity contribution >= 4 is 17.2 Å². The highest BCUT2D eigenvalue weighted by Gasteiger charge is 2.19. The number of hydrogen-bond acceptors (Lipinski definition) is 5. The molecule has 0 saturated carbocycles. The van der Waals surface area contributed by atoms with Crippen LogP contribution in [0.1, 0.15) is 21.6 Å². The maximum Gasteiger partial charge on any atom is 0.250 e. The normalized spacial score (nSPS) is 11.0. The number of nitrogens with zero attached hydrogens (tertiary/aromatic N) is 4. The number of hydrogen-bond donors (Lipinski definition) is 1. The van der Waals surface area contributed by atoms with Gasteiger partial charge >= 0.3 is 0 Å². The van der Waals surface area contributed by atoms with Crippen molar-refractivity contribution in [2.75, 3.05) is 0 Å². The molecule has 0 saturated heterocycles. The van der Waals surface area contributed by atoms with Gasteiger partial charge < -0.3 is 10.3 Å². The van der Waals surface area contributed by atoms with Crippen LogP contribution in [0.3, 0.4) is 0 Å². The van der Waals surface area contributed by atoms with Crippen LogP contribution in [0.2, 0.25) is 0 Å². The second-order valence-corrected chi connectivity index (χ2v) is 7.41. The minimum atomic E-state index is -0.478. The van der Waals surface area contributed by atoms with Gasteiger partial charge in [-0.15, -0.1) is 11.3 Å². The van der Waals surface area contributed by atoms with Crippen molar-refractivity contribution in [3.8, 4) is 22.1 Å². The fraction of sp³-hybridized carbons (Fsp3) is 0.143. The fourth-order valence-electron chi connectivity index (χ4n) is 3.21. The molecular weight excluding hydrogens is 389 g/mol. The predicted octanol–water partition coefficient (Wildman–Crippen LogP) is 3.86. The lowest BCUT2D eigenvalue weighted by Crippen LogP contribution is -2.13. The largest absolute Gasteiger partial charge is 0.366 e. The highest BCUT2D eigenvalue weighted by atomic mass is 32.1. The third-order valence-electron chi connectivity index (χ3n) is 4.72. The van der Waals surface area contributed by atoms with Gasteiger partial charge in [0.2, 0.25) is 0 Å². The molecule has 2 N–H and O–H groups in total. The van der Waals surface area contributed by atoms with E-state index in [0.717, 1.165) is 27.7 Å². The Morgan fingerprint density at radius 1 is 1.21 bits per heavy atom. The van der Waals surface area contributed by atoms with Gasteiger partial charge in [-0.25, -0.2) is 9.37 Å². The quantitative estimate of drug-likeness (QED) is 0.526. The first kappa shape index (κ1) is 18.9. The third-order valence-corrected chi connectivity index (χ3v) is 5.58. The van der Waals surface area contributed by atoms with Crippen LogP contribution in [0, 0.1) is 12.7 Å². The van der Waals surface area contributed by atoms with Crippen molar-refractivity contribution < 1.29 is 9.18 Å². The van der Waals surface area contributed by atoms with E-state index in [0.29, 0.717) is 24.2 Å². The van der Waals surface area contributed by atoms with E-state index in [1.807, 2.05) is 16.9 Å². The number of rotatable bonds is 6. The molecule has 29 heavy (non-hydrogen) atoms. The van der Waals surface area contributed by atoms with Gasteiger partial charge in [-0.3, -0.25) is 14.8 Å². The molecule has 3 aromatic heterocycles. The van der Waals surface area contributed by atoms with Gasteiger partial charge in [0.15, 0.2) is 0 Å². The molecule has 0 bridgehead atoms. The molecule has 4 rings (SSSR count). The molecule has 0 aliphatic carbocycles. The van der Waals surface area contributed by atoms with Crippen LogP contribution >= 0.6 is 11.3 Å². The Hall–Kier alpha value is -3.39. The number of amides is 1. The summed E-state index contributed by atoms with van der Waals surface area (Å²) in [5.41, 5.74) is 10.1. The van der Waals surface area contributed by atoms with E-state index < -0.39 is 5.91 Å². The molecule has 0 radical (unpaired) electrons. The molecule has 0 spiro atoms. The Labute approximate surface area is 170 Å². The minimum Gasteiger partial charge on any atom is -0.366 e. The molecule has 146 valence electrons. The van der Waals surface area contributed by atoms with Crippen LogP contribution in [-0.4, -0.2) is 25.4 Å². The molecule has 0 fully saturated rings. The van der Waals surface area contributed by atoms with Gasteiger partial charge in [-0.05, 0) is 37.1 Å². The Bertz CT molecular complexity index is 1150. The highest BCUT2D eigenvalue weighted by Crippen LogP contribution is 2.30. The van der Waals surface area contributed by atoms with Crippen molar-refractivity contribution in [3.05, 3.63) is 76.9 Å². The summed E-state index contributed by atoms with van der Waals surface area (Å²) < 4.78 is 15.2. The number of aromatic nitrogens is 4. The molecule has 0 unspecified atom stereocenters. The first-order valence-electron chi connectivity index (χ1n) is 8.99. The standard InChI is InChI=1S/C21H18FN5OS/c1-13-16(20(23)28)10-19(27(13)9-6-14-2-4-15(22)5-3-14)18-12-29-21(26-18)17-11-24-7-8-25-17/h2-5,7-8,10-12H,6,9H2,1H3,(H2,23,28). The molecule has 8 heteroatoms. The molecule has 6 nitrogen and oxygen atoms in total. The number of primary amides is 1. The lowest BCUT2D eigenvalue weighted by atomic mass is 10.1. The van der Waals surface area contributed by atoms with Gasteiger partial charge in [0.1, 0.15) is 16.5 Å². The second kappa shape index (κ2) is 7.92. The van der Waals surface area contributed by atoms with Crippen LogP contribution in [0.25, 0.3) is 22.1 Å². The molecule has 0 atom stereocenters. The fourth-order valence-corrected chi connectivity index (χ4v) is 3.98. The molecule has 4 aromatic rings. The van der Waals surface area contributed by atoms with Gasteiger partial charge in [-0.2, -0.15) is 0 Å². The first-order valence-corrected chi connectivity index (χ1v) is 9.87. The van der Waals surface area contributed by atoms with Crippen molar-refractivity contribution in [2.45, 2.75) is 19.9 Å². The number of thiazole rings is 1. The smallest absolute Gasteiger partial charge is 0.250 e. The van der Waals surface area contributed by atoms with E-state index in [4.69, 9.17) is 5.73 Å². The van der Waals surface area contributed by atoms with E-state index in [9.17, 15) is 9.18 Å². The van der Waals surface area contributed by atoms with Crippen molar-refractivity contribution in [2.24, 2.45) is 5.73 Å². The zero-order valence-corrected chi connectivity index (χ0v) is 16.5. The van der Waals surface area contributed by atoms with E-state index in [-0.39, 0.29) is 5.82 Å². The SMILES string of the molecule is Cc1c(C(N)=O)cc(-c2csc(-c3cnccn3)n2)n1CCc1ccc(F)cc1. The molecule has 1 amide bonds. The summed E-state index contributed by atoms with van der Waals surface area (Å²) in [5, 5.41) is 2.68. The van der Waals surface area contributed by atoms with Gasteiger partial charge in [0, 0.05) is 30.0 Å². The summed E-state index contributed by atoms with van der Waals surface area (Å²) in [6.45, 7) is 2.47. The summed E-state index contributed by atoms with van der Waals surface area (Å²) in [4.78, 5) is 24.9. The van der Waals surface area contributed by atoms with Gasteiger partial charge in [0.25, 0.3) is 5.91 Å². The monoisotopic (exact) mass is 407 g/mol. The van der Waals surface area contributed by atoms with E-state index in [1.165, 1.54) is 23.5 Å². The minimum absolute atomic E-state index is 0.262. The van der Waals surface area contributed by atoms with Gasteiger partial charge in [-0.1, -0.05) is 12.1 Å². The molecule has 3 heterocycles. The zero-order chi connectivity index (χ0) is 20.4. The Balaban J connectivity index is 1.69.